The van der Waals surface area contributed by atoms with Crippen LogP contribution >= 0.6 is 0 Å². The Morgan fingerprint density at radius 3 is 2.96 bits per heavy atom. The minimum absolute atomic E-state index is 0.0661. The molecule has 0 bridgehead atoms. The summed E-state index contributed by atoms with van der Waals surface area (Å²) in [6, 6.07) is 3.97. The van der Waals surface area contributed by atoms with Gasteiger partial charge in [-0.15, -0.1) is 0 Å². The largest absolute Gasteiger partial charge is 0.485 e. The first-order chi connectivity index (χ1) is 13.1. The quantitative estimate of drug-likeness (QED) is 0.881. The number of rotatable bonds is 4. The van der Waals surface area contributed by atoms with Gasteiger partial charge in [0.25, 0.3) is 0 Å². The number of nitrogens with zero attached hydrogens (tertiary/aromatic N) is 2. The summed E-state index contributed by atoms with van der Waals surface area (Å²) in [4.78, 5) is 28.1. The number of hydrogen-bond acceptors (Lipinski definition) is 5. The van der Waals surface area contributed by atoms with E-state index >= 15 is 0 Å². The number of anilines is 2. The molecule has 5 rings (SSSR count). The fourth-order valence-corrected chi connectivity index (χ4v) is 4.05. The Morgan fingerprint density at radius 1 is 1.30 bits per heavy atom. The summed E-state index contributed by atoms with van der Waals surface area (Å²) < 4.78 is 11.3. The number of benzene rings is 1. The first kappa shape index (κ1) is 16.5. The van der Waals surface area contributed by atoms with E-state index in [1.807, 2.05) is 6.07 Å². The van der Waals surface area contributed by atoms with Crippen LogP contribution in [0.2, 0.25) is 0 Å². The SMILES string of the molecule is C=C1COc2cc(N3CC(CNC(=O)C4CC4)OC3=O)cc3c2N1CCC3. The molecule has 2 amide bonds. The van der Waals surface area contributed by atoms with Gasteiger partial charge in [0.05, 0.1) is 24.5 Å². The number of nitrogens with one attached hydrogen (secondary N) is 1. The maximum absolute atomic E-state index is 12.4. The number of carbonyl (C=O) groups excluding carboxylic acids is 2. The minimum atomic E-state index is -0.374. The van der Waals surface area contributed by atoms with E-state index in [-0.39, 0.29) is 24.0 Å². The Morgan fingerprint density at radius 2 is 2.15 bits per heavy atom. The highest BCUT2D eigenvalue weighted by Crippen LogP contribution is 2.44. The molecule has 1 aromatic carbocycles. The average Bonchev–Trinajstić information content (AvgIpc) is 3.45. The van der Waals surface area contributed by atoms with Crippen LogP contribution < -0.4 is 19.9 Å². The maximum Gasteiger partial charge on any atom is 0.414 e. The molecule has 1 saturated heterocycles. The van der Waals surface area contributed by atoms with Gasteiger partial charge in [-0.3, -0.25) is 9.69 Å². The van der Waals surface area contributed by atoms with Crippen molar-refractivity contribution in [1.29, 1.82) is 0 Å². The summed E-state index contributed by atoms with van der Waals surface area (Å²) in [6.45, 7) is 6.31. The average molecular weight is 369 g/mol. The number of cyclic esters (lactones) is 1. The van der Waals surface area contributed by atoms with Gasteiger partial charge in [0.2, 0.25) is 5.91 Å². The second-order valence-electron chi connectivity index (χ2n) is 7.70. The van der Waals surface area contributed by atoms with Crippen molar-refractivity contribution < 1.29 is 19.1 Å². The number of hydrogen-bond donors (Lipinski definition) is 1. The fraction of sp³-hybridized carbons (Fsp3) is 0.500. The molecule has 1 saturated carbocycles. The number of carbonyl (C=O) groups is 2. The summed E-state index contributed by atoms with van der Waals surface area (Å²) >= 11 is 0. The van der Waals surface area contributed by atoms with Crippen LogP contribution in [0.25, 0.3) is 0 Å². The topological polar surface area (TPSA) is 71.1 Å². The minimum Gasteiger partial charge on any atom is -0.485 e. The highest BCUT2D eigenvalue weighted by molar-refractivity contribution is 5.91. The molecule has 7 nitrogen and oxygen atoms in total. The van der Waals surface area contributed by atoms with E-state index in [0.717, 1.165) is 55.0 Å². The van der Waals surface area contributed by atoms with Gasteiger partial charge >= 0.3 is 6.09 Å². The second kappa shape index (κ2) is 6.18. The lowest BCUT2D eigenvalue weighted by Crippen LogP contribution is -2.36. The zero-order chi connectivity index (χ0) is 18.5. The molecule has 1 atom stereocenters. The molecular weight excluding hydrogens is 346 g/mol. The van der Waals surface area contributed by atoms with E-state index in [1.165, 1.54) is 5.56 Å². The molecule has 2 fully saturated rings. The van der Waals surface area contributed by atoms with Crippen molar-refractivity contribution in [2.24, 2.45) is 5.92 Å². The highest BCUT2D eigenvalue weighted by Gasteiger charge is 2.36. The predicted molar refractivity (Wildman–Crippen MR) is 100 cm³/mol. The molecule has 4 aliphatic rings. The molecule has 0 radical (unpaired) electrons. The van der Waals surface area contributed by atoms with E-state index < -0.39 is 0 Å². The Kier molecular flexibility index (Phi) is 3.77. The summed E-state index contributed by atoms with van der Waals surface area (Å²) in [6.07, 6.45) is 3.22. The van der Waals surface area contributed by atoms with Crippen molar-refractivity contribution >= 4 is 23.4 Å². The van der Waals surface area contributed by atoms with Gasteiger partial charge in [0.1, 0.15) is 18.5 Å². The Hall–Kier alpha value is -2.70. The van der Waals surface area contributed by atoms with E-state index in [9.17, 15) is 9.59 Å². The zero-order valence-electron chi connectivity index (χ0n) is 15.2. The lowest BCUT2D eigenvalue weighted by atomic mass is 9.98. The van der Waals surface area contributed by atoms with Crippen LogP contribution in [-0.2, 0) is 16.0 Å². The van der Waals surface area contributed by atoms with Crippen molar-refractivity contribution in [3.05, 3.63) is 30.0 Å². The van der Waals surface area contributed by atoms with Crippen LogP contribution in [0.1, 0.15) is 24.8 Å². The van der Waals surface area contributed by atoms with Crippen LogP contribution in [0.15, 0.2) is 24.4 Å². The highest BCUT2D eigenvalue weighted by atomic mass is 16.6. The molecule has 1 aliphatic carbocycles. The fourth-order valence-electron chi connectivity index (χ4n) is 4.05. The van der Waals surface area contributed by atoms with Gasteiger partial charge in [-0.2, -0.15) is 0 Å². The molecule has 1 aromatic rings. The lowest BCUT2D eigenvalue weighted by molar-refractivity contribution is -0.122. The predicted octanol–water partition coefficient (Wildman–Crippen LogP) is 2.20. The molecule has 1 N–H and O–H groups in total. The van der Waals surface area contributed by atoms with E-state index in [2.05, 4.69) is 22.9 Å². The zero-order valence-corrected chi connectivity index (χ0v) is 15.2. The summed E-state index contributed by atoms with van der Waals surface area (Å²) in [7, 11) is 0. The van der Waals surface area contributed by atoms with E-state index in [0.29, 0.717) is 19.7 Å². The molecule has 0 aromatic heterocycles. The van der Waals surface area contributed by atoms with Crippen LogP contribution in [-0.4, -0.2) is 44.3 Å². The Labute approximate surface area is 157 Å². The Bertz CT molecular complexity index is 816. The first-order valence-corrected chi connectivity index (χ1v) is 9.61. The Balaban J connectivity index is 1.35. The molecule has 27 heavy (non-hydrogen) atoms. The van der Waals surface area contributed by atoms with E-state index in [4.69, 9.17) is 9.47 Å². The lowest BCUT2D eigenvalue weighted by Gasteiger charge is -2.38. The first-order valence-electron chi connectivity index (χ1n) is 9.61. The molecule has 3 aliphatic heterocycles. The third-order valence-corrected chi connectivity index (χ3v) is 5.65. The van der Waals surface area contributed by atoms with Gasteiger partial charge in [-0.1, -0.05) is 6.58 Å². The summed E-state index contributed by atoms with van der Waals surface area (Å²) in [5.41, 5.74) is 4.03. The second-order valence-corrected chi connectivity index (χ2v) is 7.70. The smallest absolute Gasteiger partial charge is 0.414 e. The molecular formula is C20H23N3O4. The number of amides is 2. The van der Waals surface area contributed by atoms with Crippen LogP contribution in [0.5, 0.6) is 5.75 Å². The monoisotopic (exact) mass is 369 g/mol. The third kappa shape index (κ3) is 2.91. The molecule has 0 spiro atoms. The van der Waals surface area contributed by atoms with Crippen LogP contribution in [0.3, 0.4) is 0 Å². The molecule has 1 unspecified atom stereocenters. The van der Waals surface area contributed by atoms with Crippen molar-refractivity contribution in [3.63, 3.8) is 0 Å². The molecule has 142 valence electrons. The van der Waals surface area contributed by atoms with Gasteiger partial charge in [-0.25, -0.2) is 4.79 Å². The summed E-state index contributed by atoms with van der Waals surface area (Å²) in [5, 5.41) is 2.89. The standard InChI is InChI=1S/C20H23N3O4/c1-12-11-26-17-8-15(7-14-3-2-6-22(12)18(14)17)23-10-16(27-20(23)25)9-21-19(24)13-4-5-13/h7-8,13,16H,1-6,9-11H2,(H,21,24). The summed E-state index contributed by atoms with van der Waals surface area (Å²) in [5.74, 6) is 1.02. The van der Waals surface area contributed by atoms with Crippen molar-refractivity contribution in [2.45, 2.75) is 31.8 Å². The van der Waals surface area contributed by atoms with Crippen molar-refractivity contribution in [3.8, 4) is 5.75 Å². The number of aryl methyl sites for hydroxylation is 1. The normalized spacial score (nSPS) is 23.6. The van der Waals surface area contributed by atoms with Crippen LogP contribution in [0, 0.1) is 5.92 Å². The maximum atomic E-state index is 12.4. The molecule has 7 heteroatoms. The van der Waals surface area contributed by atoms with Crippen molar-refractivity contribution in [1.82, 2.24) is 5.32 Å². The number of ether oxygens (including phenoxy) is 2. The van der Waals surface area contributed by atoms with E-state index in [1.54, 1.807) is 4.90 Å². The van der Waals surface area contributed by atoms with Gasteiger partial charge < -0.3 is 19.7 Å². The van der Waals surface area contributed by atoms with Crippen LogP contribution in [0.4, 0.5) is 16.2 Å². The van der Waals surface area contributed by atoms with Gasteiger partial charge in [-0.05, 0) is 37.3 Å². The van der Waals surface area contributed by atoms with Gasteiger partial charge in [0, 0.05) is 24.2 Å². The van der Waals surface area contributed by atoms with Gasteiger partial charge in [0.15, 0.2) is 0 Å². The van der Waals surface area contributed by atoms with Crippen molar-refractivity contribution in [2.75, 3.05) is 36.0 Å². The third-order valence-electron chi connectivity index (χ3n) is 5.65. The molecule has 3 heterocycles.